The number of anilines is 1. The summed E-state index contributed by atoms with van der Waals surface area (Å²) in [6, 6.07) is 10.9. The van der Waals surface area contributed by atoms with E-state index in [0.717, 1.165) is 11.3 Å². The Bertz CT molecular complexity index is 552. The van der Waals surface area contributed by atoms with E-state index in [-0.39, 0.29) is 5.91 Å². The number of carbonyl (C=O) groups excluding carboxylic acids is 1. The molecule has 0 aliphatic heterocycles. The lowest BCUT2D eigenvalue weighted by molar-refractivity contribution is 0.0950. The van der Waals surface area contributed by atoms with Crippen LogP contribution in [0.2, 0.25) is 0 Å². The molecule has 4 heteroatoms. The van der Waals surface area contributed by atoms with Crippen LogP contribution in [-0.2, 0) is 6.54 Å². The Morgan fingerprint density at radius 1 is 1.33 bits per heavy atom. The summed E-state index contributed by atoms with van der Waals surface area (Å²) in [7, 11) is 0. The first kappa shape index (κ1) is 12.1. The fourth-order valence-corrected chi connectivity index (χ4v) is 1.71. The predicted molar refractivity (Wildman–Crippen MR) is 71.0 cm³/mol. The molecule has 1 aromatic heterocycles. The average molecular weight is 241 g/mol. The van der Waals surface area contributed by atoms with Crippen LogP contribution >= 0.6 is 0 Å². The third-order valence-corrected chi connectivity index (χ3v) is 2.65. The largest absolute Gasteiger partial charge is 0.399 e. The Balaban J connectivity index is 2.04. The molecule has 1 aromatic carbocycles. The van der Waals surface area contributed by atoms with Crippen molar-refractivity contribution in [3.05, 3.63) is 59.4 Å². The van der Waals surface area contributed by atoms with Crippen molar-refractivity contribution in [3.63, 3.8) is 0 Å². The highest BCUT2D eigenvalue weighted by Gasteiger charge is 2.08. The van der Waals surface area contributed by atoms with E-state index >= 15 is 0 Å². The van der Waals surface area contributed by atoms with Crippen molar-refractivity contribution in [2.24, 2.45) is 0 Å². The number of carbonyl (C=O) groups is 1. The number of nitrogens with one attached hydrogen (secondary N) is 1. The number of rotatable bonds is 3. The van der Waals surface area contributed by atoms with Gasteiger partial charge in [0.25, 0.3) is 5.91 Å². The number of aryl methyl sites for hydroxylation is 1. The van der Waals surface area contributed by atoms with E-state index in [1.54, 1.807) is 24.4 Å². The maximum Gasteiger partial charge on any atom is 0.251 e. The van der Waals surface area contributed by atoms with Gasteiger partial charge < -0.3 is 11.1 Å². The van der Waals surface area contributed by atoms with Gasteiger partial charge >= 0.3 is 0 Å². The summed E-state index contributed by atoms with van der Waals surface area (Å²) in [5.41, 5.74) is 8.65. The Hall–Kier alpha value is -2.36. The van der Waals surface area contributed by atoms with E-state index in [0.29, 0.717) is 17.8 Å². The molecule has 0 fully saturated rings. The lowest BCUT2D eigenvalue weighted by Crippen LogP contribution is -2.24. The molecule has 4 nitrogen and oxygen atoms in total. The summed E-state index contributed by atoms with van der Waals surface area (Å²) in [6.45, 7) is 2.29. The molecule has 2 aromatic rings. The van der Waals surface area contributed by atoms with Gasteiger partial charge in [-0.05, 0) is 42.8 Å². The highest BCUT2D eigenvalue weighted by atomic mass is 16.1. The second-order valence-corrected chi connectivity index (χ2v) is 4.08. The fraction of sp³-hybridized carbons (Fsp3) is 0.143. The van der Waals surface area contributed by atoms with Gasteiger partial charge in [0.1, 0.15) is 0 Å². The van der Waals surface area contributed by atoms with Gasteiger partial charge in [-0.15, -0.1) is 0 Å². The standard InChI is InChI=1S/C14H15N3O/c1-10-8-11(15)5-6-13(10)14(18)17-9-12-4-2-3-7-16-12/h2-8H,9,15H2,1H3,(H,17,18). The van der Waals surface area contributed by atoms with Crippen molar-refractivity contribution in [3.8, 4) is 0 Å². The molecule has 0 spiro atoms. The van der Waals surface area contributed by atoms with Gasteiger partial charge in [-0.2, -0.15) is 0 Å². The smallest absolute Gasteiger partial charge is 0.251 e. The zero-order valence-corrected chi connectivity index (χ0v) is 10.2. The first-order chi connectivity index (χ1) is 8.66. The zero-order valence-electron chi connectivity index (χ0n) is 10.2. The van der Waals surface area contributed by atoms with Crippen LogP contribution < -0.4 is 11.1 Å². The van der Waals surface area contributed by atoms with Gasteiger partial charge in [0.15, 0.2) is 0 Å². The molecule has 0 bridgehead atoms. The van der Waals surface area contributed by atoms with Crippen LogP contribution in [0.25, 0.3) is 0 Å². The Morgan fingerprint density at radius 3 is 2.83 bits per heavy atom. The number of hydrogen-bond acceptors (Lipinski definition) is 3. The van der Waals surface area contributed by atoms with Crippen molar-refractivity contribution >= 4 is 11.6 Å². The number of nitrogens with two attached hydrogens (primary N) is 1. The summed E-state index contributed by atoms with van der Waals surface area (Å²) < 4.78 is 0. The monoisotopic (exact) mass is 241 g/mol. The quantitative estimate of drug-likeness (QED) is 0.806. The molecule has 18 heavy (non-hydrogen) atoms. The van der Waals surface area contributed by atoms with E-state index in [9.17, 15) is 4.79 Å². The van der Waals surface area contributed by atoms with Gasteiger partial charge in [0.05, 0.1) is 12.2 Å². The highest BCUT2D eigenvalue weighted by Crippen LogP contribution is 2.12. The highest BCUT2D eigenvalue weighted by molar-refractivity contribution is 5.95. The lowest BCUT2D eigenvalue weighted by atomic mass is 10.1. The summed E-state index contributed by atoms with van der Waals surface area (Å²) in [4.78, 5) is 16.1. The van der Waals surface area contributed by atoms with Crippen LogP contribution in [0.15, 0.2) is 42.6 Å². The minimum absolute atomic E-state index is 0.113. The number of aromatic nitrogens is 1. The van der Waals surface area contributed by atoms with Gasteiger partial charge in [0, 0.05) is 17.4 Å². The molecule has 92 valence electrons. The van der Waals surface area contributed by atoms with Crippen molar-refractivity contribution in [2.45, 2.75) is 13.5 Å². The molecule has 1 heterocycles. The second kappa shape index (κ2) is 5.31. The normalized spacial score (nSPS) is 10.1. The van der Waals surface area contributed by atoms with Crippen LogP contribution in [0.3, 0.4) is 0 Å². The minimum Gasteiger partial charge on any atom is -0.399 e. The molecule has 2 rings (SSSR count). The van der Waals surface area contributed by atoms with Crippen LogP contribution in [-0.4, -0.2) is 10.9 Å². The van der Waals surface area contributed by atoms with Crippen molar-refractivity contribution in [1.82, 2.24) is 10.3 Å². The Morgan fingerprint density at radius 2 is 2.17 bits per heavy atom. The Labute approximate surface area is 106 Å². The summed E-state index contributed by atoms with van der Waals surface area (Å²) in [5, 5.41) is 2.83. The van der Waals surface area contributed by atoms with Gasteiger partial charge in [-0.25, -0.2) is 0 Å². The number of pyridine rings is 1. The van der Waals surface area contributed by atoms with E-state index in [4.69, 9.17) is 5.73 Å². The second-order valence-electron chi connectivity index (χ2n) is 4.08. The molecule has 0 unspecified atom stereocenters. The van der Waals surface area contributed by atoms with Crippen molar-refractivity contribution in [2.75, 3.05) is 5.73 Å². The predicted octanol–water partition coefficient (Wildman–Crippen LogP) is 1.90. The van der Waals surface area contributed by atoms with E-state index in [1.807, 2.05) is 25.1 Å². The maximum absolute atomic E-state index is 12.0. The van der Waals surface area contributed by atoms with Gasteiger partial charge in [-0.3, -0.25) is 9.78 Å². The van der Waals surface area contributed by atoms with Crippen LogP contribution in [0.1, 0.15) is 21.6 Å². The summed E-state index contributed by atoms with van der Waals surface area (Å²) >= 11 is 0. The van der Waals surface area contributed by atoms with Crippen LogP contribution in [0.5, 0.6) is 0 Å². The average Bonchev–Trinajstić information content (AvgIpc) is 2.37. The van der Waals surface area contributed by atoms with E-state index < -0.39 is 0 Å². The van der Waals surface area contributed by atoms with Crippen molar-refractivity contribution in [1.29, 1.82) is 0 Å². The molecule has 0 saturated carbocycles. The molecule has 0 aliphatic carbocycles. The number of nitrogen functional groups attached to an aromatic ring is 1. The first-order valence-electron chi connectivity index (χ1n) is 5.71. The molecule has 1 amide bonds. The molecule has 0 saturated heterocycles. The van der Waals surface area contributed by atoms with Crippen LogP contribution in [0.4, 0.5) is 5.69 Å². The SMILES string of the molecule is Cc1cc(N)ccc1C(=O)NCc1ccccn1. The number of hydrogen-bond donors (Lipinski definition) is 2. The third kappa shape index (κ3) is 2.85. The van der Waals surface area contributed by atoms with Crippen molar-refractivity contribution < 1.29 is 4.79 Å². The molecule has 3 N–H and O–H groups in total. The topological polar surface area (TPSA) is 68.0 Å². The zero-order chi connectivity index (χ0) is 13.0. The third-order valence-electron chi connectivity index (χ3n) is 2.65. The van der Waals surface area contributed by atoms with E-state index in [1.165, 1.54) is 0 Å². The van der Waals surface area contributed by atoms with Crippen LogP contribution in [0, 0.1) is 6.92 Å². The van der Waals surface area contributed by atoms with Gasteiger partial charge in [-0.1, -0.05) is 6.07 Å². The van der Waals surface area contributed by atoms with E-state index in [2.05, 4.69) is 10.3 Å². The molecule has 0 radical (unpaired) electrons. The fourth-order valence-electron chi connectivity index (χ4n) is 1.71. The first-order valence-corrected chi connectivity index (χ1v) is 5.71. The molecular weight excluding hydrogens is 226 g/mol. The number of amides is 1. The lowest BCUT2D eigenvalue weighted by Gasteiger charge is -2.07. The van der Waals surface area contributed by atoms with Gasteiger partial charge in [0.2, 0.25) is 0 Å². The molecule has 0 aliphatic rings. The number of benzene rings is 1. The maximum atomic E-state index is 12.0. The Kier molecular flexibility index (Phi) is 3.57. The summed E-state index contributed by atoms with van der Waals surface area (Å²) in [5.74, 6) is -0.113. The molecule has 0 atom stereocenters. The minimum atomic E-state index is -0.113. The molecular formula is C14H15N3O. The summed E-state index contributed by atoms with van der Waals surface area (Å²) in [6.07, 6.45) is 1.70. The number of nitrogens with zero attached hydrogens (tertiary/aromatic N) is 1.